The van der Waals surface area contributed by atoms with Crippen molar-refractivity contribution in [1.29, 1.82) is 5.26 Å². The molecule has 1 aliphatic carbocycles. The number of aryl methyl sites for hydroxylation is 2. The number of fused-ring (bicyclic) bond motifs is 1. The molecule has 2 aromatic heterocycles. The highest BCUT2D eigenvalue weighted by molar-refractivity contribution is 7.16. The van der Waals surface area contributed by atoms with Gasteiger partial charge in [0, 0.05) is 4.88 Å². The van der Waals surface area contributed by atoms with Gasteiger partial charge in [-0.2, -0.15) is 5.26 Å². The zero-order chi connectivity index (χ0) is 14.1. The number of nitrogens with zero attached hydrogens (tertiary/aromatic N) is 2. The lowest BCUT2D eigenvalue weighted by atomic mass is 9.96. The molecular weight excluding hydrogens is 268 g/mol. The molecule has 0 N–H and O–H groups in total. The summed E-state index contributed by atoms with van der Waals surface area (Å²) in [6.45, 7) is 3.85. The number of aliphatic imine (C=N–C) groups is 1. The van der Waals surface area contributed by atoms with Crippen LogP contribution >= 0.6 is 11.3 Å². The van der Waals surface area contributed by atoms with Gasteiger partial charge in [-0.25, -0.2) is 4.99 Å². The van der Waals surface area contributed by atoms with Crippen LogP contribution in [0.2, 0.25) is 0 Å². The van der Waals surface area contributed by atoms with E-state index in [1.807, 2.05) is 26.0 Å². The van der Waals surface area contributed by atoms with E-state index < -0.39 is 0 Å². The highest BCUT2D eigenvalue weighted by atomic mass is 32.1. The van der Waals surface area contributed by atoms with Crippen LogP contribution in [0.1, 0.15) is 47.3 Å². The lowest BCUT2D eigenvalue weighted by molar-refractivity contribution is 0.525. The van der Waals surface area contributed by atoms with Crippen molar-refractivity contribution in [2.24, 2.45) is 4.99 Å². The molecule has 0 radical (unpaired) electrons. The first kappa shape index (κ1) is 13.1. The normalized spacial score (nSPS) is 14.9. The third-order valence-electron chi connectivity index (χ3n) is 3.63. The molecule has 0 bridgehead atoms. The van der Waals surface area contributed by atoms with E-state index in [-0.39, 0.29) is 0 Å². The maximum Gasteiger partial charge on any atom is 0.148 e. The molecule has 0 spiro atoms. The van der Waals surface area contributed by atoms with Crippen molar-refractivity contribution in [3.8, 4) is 6.07 Å². The molecule has 20 heavy (non-hydrogen) atoms. The van der Waals surface area contributed by atoms with Gasteiger partial charge in [0.2, 0.25) is 0 Å². The fourth-order valence-electron chi connectivity index (χ4n) is 2.58. The van der Waals surface area contributed by atoms with Crippen molar-refractivity contribution in [3.05, 3.63) is 39.7 Å². The van der Waals surface area contributed by atoms with Crippen LogP contribution in [0.3, 0.4) is 0 Å². The van der Waals surface area contributed by atoms with Gasteiger partial charge < -0.3 is 4.42 Å². The first-order chi connectivity index (χ1) is 9.69. The van der Waals surface area contributed by atoms with Crippen LogP contribution in [0.5, 0.6) is 0 Å². The fourth-order valence-corrected chi connectivity index (χ4v) is 3.84. The highest BCUT2D eigenvalue weighted by Crippen LogP contribution is 2.39. The van der Waals surface area contributed by atoms with Gasteiger partial charge in [-0.05, 0) is 57.2 Å². The third-order valence-corrected chi connectivity index (χ3v) is 4.82. The SMILES string of the molecule is C/C(=N\c1sc2c(c1C#N)CCCC2)c1ccc(C)o1. The van der Waals surface area contributed by atoms with Crippen molar-refractivity contribution < 1.29 is 4.42 Å². The van der Waals surface area contributed by atoms with Crippen molar-refractivity contribution in [3.63, 3.8) is 0 Å². The van der Waals surface area contributed by atoms with Gasteiger partial charge in [0.05, 0.1) is 11.3 Å². The number of hydrogen-bond acceptors (Lipinski definition) is 4. The average Bonchev–Trinajstić information content (AvgIpc) is 3.01. The summed E-state index contributed by atoms with van der Waals surface area (Å²) >= 11 is 1.66. The third kappa shape index (κ3) is 2.30. The van der Waals surface area contributed by atoms with Crippen molar-refractivity contribution in [2.75, 3.05) is 0 Å². The van der Waals surface area contributed by atoms with Gasteiger partial charge in [0.15, 0.2) is 0 Å². The van der Waals surface area contributed by atoms with Crippen molar-refractivity contribution in [1.82, 2.24) is 0 Å². The molecule has 0 aliphatic heterocycles. The van der Waals surface area contributed by atoms with Gasteiger partial charge in [0.1, 0.15) is 22.6 Å². The minimum atomic E-state index is 0.771. The van der Waals surface area contributed by atoms with E-state index in [1.54, 1.807) is 11.3 Å². The summed E-state index contributed by atoms with van der Waals surface area (Å²) in [6, 6.07) is 6.19. The van der Waals surface area contributed by atoms with Gasteiger partial charge >= 0.3 is 0 Å². The number of furan rings is 1. The Labute approximate surface area is 122 Å². The predicted octanol–water partition coefficient (Wildman–Crippen LogP) is 4.54. The minimum absolute atomic E-state index is 0.771. The molecule has 3 rings (SSSR count). The molecule has 4 heteroatoms. The Kier molecular flexibility index (Phi) is 3.45. The molecule has 0 atom stereocenters. The van der Waals surface area contributed by atoms with E-state index in [2.05, 4.69) is 11.1 Å². The Morgan fingerprint density at radius 1 is 1.35 bits per heavy atom. The summed E-state index contributed by atoms with van der Waals surface area (Å²) in [5, 5.41) is 10.3. The van der Waals surface area contributed by atoms with Gasteiger partial charge in [-0.15, -0.1) is 11.3 Å². The molecule has 0 amide bonds. The Morgan fingerprint density at radius 3 is 2.85 bits per heavy atom. The molecule has 0 saturated heterocycles. The van der Waals surface area contributed by atoms with Crippen LogP contribution in [0, 0.1) is 18.3 Å². The quantitative estimate of drug-likeness (QED) is 0.760. The molecule has 0 unspecified atom stereocenters. The van der Waals surface area contributed by atoms with Gasteiger partial charge in [-0.1, -0.05) is 0 Å². The van der Waals surface area contributed by atoms with Crippen LogP contribution in [0.15, 0.2) is 21.5 Å². The van der Waals surface area contributed by atoms with E-state index in [4.69, 9.17) is 4.42 Å². The lowest BCUT2D eigenvalue weighted by Crippen LogP contribution is -1.99. The molecular formula is C16H16N2OS. The molecule has 0 saturated carbocycles. The van der Waals surface area contributed by atoms with Crippen LogP contribution in [0.25, 0.3) is 0 Å². The van der Waals surface area contributed by atoms with E-state index in [0.717, 1.165) is 40.6 Å². The van der Waals surface area contributed by atoms with E-state index in [9.17, 15) is 5.26 Å². The van der Waals surface area contributed by atoms with Crippen molar-refractivity contribution >= 4 is 22.0 Å². The topological polar surface area (TPSA) is 49.3 Å². The monoisotopic (exact) mass is 284 g/mol. The molecule has 1 aliphatic rings. The van der Waals surface area contributed by atoms with Gasteiger partial charge in [0.25, 0.3) is 0 Å². The zero-order valence-electron chi connectivity index (χ0n) is 11.7. The summed E-state index contributed by atoms with van der Waals surface area (Å²) in [5.74, 6) is 1.65. The standard InChI is InChI=1S/C16H16N2OS/c1-10-7-8-14(19-10)11(2)18-16-13(9-17)12-5-3-4-6-15(12)20-16/h7-8H,3-6H2,1-2H3/b18-11+. The molecule has 102 valence electrons. The summed E-state index contributed by atoms with van der Waals surface area (Å²) in [5.41, 5.74) is 2.83. The molecule has 3 nitrogen and oxygen atoms in total. The zero-order valence-corrected chi connectivity index (χ0v) is 12.5. The Morgan fingerprint density at radius 2 is 2.15 bits per heavy atom. The second kappa shape index (κ2) is 5.26. The van der Waals surface area contributed by atoms with E-state index in [1.165, 1.54) is 23.3 Å². The predicted molar refractivity (Wildman–Crippen MR) is 81.0 cm³/mol. The second-order valence-corrected chi connectivity index (χ2v) is 6.19. The van der Waals surface area contributed by atoms with Crippen LogP contribution in [0.4, 0.5) is 5.00 Å². The van der Waals surface area contributed by atoms with E-state index in [0.29, 0.717) is 0 Å². The number of rotatable bonds is 2. The number of thiophene rings is 1. The molecule has 2 heterocycles. The Bertz CT molecular complexity index is 715. The maximum atomic E-state index is 9.41. The first-order valence-corrected chi connectivity index (χ1v) is 7.67. The average molecular weight is 284 g/mol. The fraction of sp³-hybridized carbons (Fsp3) is 0.375. The smallest absolute Gasteiger partial charge is 0.148 e. The maximum absolute atomic E-state index is 9.41. The van der Waals surface area contributed by atoms with Crippen LogP contribution in [-0.2, 0) is 12.8 Å². The highest BCUT2D eigenvalue weighted by Gasteiger charge is 2.20. The summed E-state index contributed by atoms with van der Waals surface area (Å²) in [6.07, 6.45) is 4.50. The Balaban J connectivity index is 2.02. The largest absolute Gasteiger partial charge is 0.460 e. The number of hydrogen-bond donors (Lipinski definition) is 0. The first-order valence-electron chi connectivity index (χ1n) is 6.86. The molecule has 0 fully saturated rings. The minimum Gasteiger partial charge on any atom is -0.460 e. The van der Waals surface area contributed by atoms with Crippen LogP contribution < -0.4 is 0 Å². The number of nitriles is 1. The molecule has 0 aromatic carbocycles. The summed E-state index contributed by atoms with van der Waals surface area (Å²) in [4.78, 5) is 5.98. The Hall–Kier alpha value is -1.86. The van der Waals surface area contributed by atoms with Crippen LogP contribution in [-0.4, -0.2) is 5.71 Å². The lowest BCUT2D eigenvalue weighted by Gasteiger charge is -2.09. The van der Waals surface area contributed by atoms with E-state index >= 15 is 0 Å². The molecule has 2 aromatic rings. The second-order valence-electron chi connectivity index (χ2n) is 5.11. The van der Waals surface area contributed by atoms with Crippen molar-refractivity contribution in [2.45, 2.75) is 39.5 Å². The van der Waals surface area contributed by atoms with Gasteiger partial charge in [-0.3, -0.25) is 0 Å². The summed E-state index contributed by atoms with van der Waals surface area (Å²) in [7, 11) is 0. The summed E-state index contributed by atoms with van der Waals surface area (Å²) < 4.78 is 5.58.